The molecule has 0 saturated heterocycles. The molecule has 0 rings (SSSR count). The predicted octanol–water partition coefficient (Wildman–Crippen LogP) is 18.2. The van der Waals surface area contributed by atoms with Crippen LogP contribution in [0, 0.1) is 0 Å². The number of hydrogen-bond acceptors (Lipinski definition) is 8. The van der Waals surface area contributed by atoms with Crippen LogP contribution < -0.4 is 4.89 Å². The number of quaternary nitrogens is 1. The number of phosphoric ester groups is 1. The summed E-state index contributed by atoms with van der Waals surface area (Å²) in [6, 6.07) is 0. The Morgan fingerprint density at radius 2 is 0.729 bits per heavy atom. The second-order valence-electron chi connectivity index (χ2n) is 22.1. The van der Waals surface area contributed by atoms with E-state index in [4.69, 9.17) is 18.5 Å². The quantitative estimate of drug-likeness (QED) is 0.0195. The van der Waals surface area contributed by atoms with Gasteiger partial charge in [-0.1, -0.05) is 270 Å². The minimum Gasteiger partial charge on any atom is -0.756 e. The van der Waals surface area contributed by atoms with Crippen molar-refractivity contribution in [1.29, 1.82) is 0 Å². The summed E-state index contributed by atoms with van der Waals surface area (Å²) in [5.74, 6) is -0.827. The second-order valence-corrected chi connectivity index (χ2v) is 23.5. The van der Waals surface area contributed by atoms with E-state index in [2.05, 4.69) is 26.0 Å². The van der Waals surface area contributed by atoms with Crippen molar-refractivity contribution < 1.29 is 42.1 Å². The smallest absolute Gasteiger partial charge is 0.306 e. The highest BCUT2D eigenvalue weighted by molar-refractivity contribution is 7.45. The van der Waals surface area contributed by atoms with Crippen LogP contribution in [-0.4, -0.2) is 70.0 Å². The predicted molar refractivity (Wildman–Crippen MR) is 296 cm³/mol. The maximum absolute atomic E-state index is 12.7. The third kappa shape index (κ3) is 56.1. The minimum atomic E-state index is -4.63. The number of ether oxygens (including phenoxy) is 2. The van der Waals surface area contributed by atoms with Gasteiger partial charge in [-0.05, 0) is 38.5 Å². The molecule has 0 N–H and O–H groups in total. The summed E-state index contributed by atoms with van der Waals surface area (Å²) in [6.45, 7) is 4.26. The summed E-state index contributed by atoms with van der Waals surface area (Å²) in [5, 5.41) is 0. The monoisotopic (exact) mass is 1010 g/mol. The van der Waals surface area contributed by atoms with Crippen LogP contribution in [0.4, 0.5) is 0 Å². The van der Waals surface area contributed by atoms with Gasteiger partial charge in [0.1, 0.15) is 19.8 Å². The Morgan fingerprint density at radius 3 is 1.07 bits per heavy atom. The maximum atomic E-state index is 12.7. The number of likely N-dealkylation sites (N-methyl/N-ethyl adjacent to an activating group) is 1. The number of phosphoric acid groups is 1. The number of hydrogen-bond donors (Lipinski definition) is 0. The van der Waals surface area contributed by atoms with Gasteiger partial charge in [-0.3, -0.25) is 14.2 Å². The lowest BCUT2D eigenvalue weighted by Crippen LogP contribution is -2.37. The molecule has 0 saturated carbocycles. The molecule has 0 aromatic rings. The van der Waals surface area contributed by atoms with Gasteiger partial charge in [-0.15, -0.1) is 0 Å². The molecule has 0 bridgehead atoms. The highest BCUT2D eigenvalue weighted by Gasteiger charge is 2.22. The zero-order valence-electron chi connectivity index (χ0n) is 47.2. The number of esters is 2. The zero-order valence-corrected chi connectivity index (χ0v) is 48.1. The summed E-state index contributed by atoms with van der Waals surface area (Å²) < 4.78 is 34.1. The number of unbranched alkanes of at least 4 members (excludes halogenated alkanes) is 41. The van der Waals surface area contributed by atoms with Gasteiger partial charge < -0.3 is 27.9 Å². The molecule has 0 radical (unpaired) electrons. The van der Waals surface area contributed by atoms with Crippen LogP contribution in [0.3, 0.4) is 0 Å². The molecular weight excluding hydrogens is 894 g/mol. The van der Waals surface area contributed by atoms with Gasteiger partial charge in [-0.25, -0.2) is 0 Å². The topological polar surface area (TPSA) is 111 Å². The van der Waals surface area contributed by atoms with Gasteiger partial charge in [0.2, 0.25) is 0 Å². The van der Waals surface area contributed by atoms with Crippen LogP contribution in [-0.2, 0) is 32.7 Å². The molecule has 0 aliphatic heterocycles. The minimum absolute atomic E-state index is 0.0290. The van der Waals surface area contributed by atoms with E-state index in [1.165, 1.54) is 225 Å². The summed E-state index contributed by atoms with van der Waals surface area (Å²) in [4.78, 5) is 37.8. The van der Waals surface area contributed by atoms with E-state index in [9.17, 15) is 19.0 Å². The van der Waals surface area contributed by atoms with Crippen molar-refractivity contribution in [3.05, 3.63) is 12.2 Å². The van der Waals surface area contributed by atoms with Crippen molar-refractivity contribution in [2.75, 3.05) is 47.5 Å². The molecule has 10 heteroatoms. The highest BCUT2D eigenvalue weighted by Crippen LogP contribution is 2.38. The van der Waals surface area contributed by atoms with Crippen LogP contribution in [0.2, 0.25) is 0 Å². The molecule has 0 spiro atoms. The molecule has 0 aliphatic carbocycles. The molecule has 0 aromatic carbocycles. The Labute approximate surface area is 435 Å². The second kappa shape index (κ2) is 52.6. The average Bonchev–Trinajstić information content (AvgIpc) is 3.32. The van der Waals surface area contributed by atoms with E-state index in [1.54, 1.807) is 0 Å². The molecule has 0 fully saturated rings. The van der Waals surface area contributed by atoms with Crippen molar-refractivity contribution in [1.82, 2.24) is 0 Å². The Hall–Kier alpha value is -1.25. The fourth-order valence-corrected chi connectivity index (χ4v) is 9.80. The van der Waals surface area contributed by atoms with Crippen LogP contribution in [0.15, 0.2) is 12.2 Å². The summed E-state index contributed by atoms with van der Waals surface area (Å²) in [7, 11) is 1.18. The SMILES string of the molecule is CCCCCC/C=C\CCCCCCCC(=O)OC(COC(=O)CCCCCCCCCCCCCCCCCCCCCCCCCCCCCCCCCCC)COP(=O)([O-])OCC[N+](C)(C)C. The largest absolute Gasteiger partial charge is 0.756 e. The first-order chi connectivity index (χ1) is 34.0. The zero-order chi connectivity index (χ0) is 51.3. The molecule has 9 nitrogen and oxygen atoms in total. The summed E-state index contributed by atoms with van der Waals surface area (Å²) in [6.07, 6.45) is 61.5. The number of carbonyl (C=O) groups is 2. The van der Waals surface area contributed by atoms with Crippen LogP contribution in [0.5, 0.6) is 0 Å². The molecule has 416 valence electrons. The molecule has 0 aliphatic rings. The van der Waals surface area contributed by atoms with Crippen molar-refractivity contribution >= 4 is 19.8 Å². The molecule has 2 atom stereocenters. The van der Waals surface area contributed by atoms with Gasteiger partial charge in [0.05, 0.1) is 27.7 Å². The first kappa shape index (κ1) is 68.8. The first-order valence-corrected chi connectivity index (χ1v) is 31.9. The normalized spacial score (nSPS) is 13.3. The molecule has 0 heterocycles. The van der Waals surface area contributed by atoms with E-state index in [1.807, 2.05) is 21.1 Å². The van der Waals surface area contributed by atoms with Crippen molar-refractivity contribution in [3.8, 4) is 0 Å². The van der Waals surface area contributed by atoms with Crippen molar-refractivity contribution in [2.45, 2.75) is 315 Å². The molecule has 0 amide bonds. The molecule has 0 aromatic heterocycles. The maximum Gasteiger partial charge on any atom is 0.306 e. The van der Waals surface area contributed by atoms with Gasteiger partial charge in [0.25, 0.3) is 7.82 Å². The van der Waals surface area contributed by atoms with Gasteiger partial charge in [-0.2, -0.15) is 0 Å². The fraction of sp³-hybridized carbons (Fsp3) is 0.933. The van der Waals surface area contributed by atoms with E-state index in [0.29, 0.717) is 17.4 Å². The average molecular weight is 1010 g/mol. The Balaban J connectivity index is 3.91. The first-order valence-electron chi connectivity index (χ1n) is 30.4. The standard InChI is InChI=1S/C60H118NO8P/c1-6-8-10-12-14-16-18-20-21-22-23-24-25-26-27-28-29-30-31-32-33-34-35-36-37-38-39-41-42-44-46-48-50-52-59(62)66-56-58(57-68-70(64,65)67-55-54-61(3,4)5)69-60(63)53-51-49-47-45-43-40-19-17-15-13-11-9-7-2/h17,19,58H,6-16,18,20-57H2,1-5H3/b19-17-. The molecule has 2 unspecified atom stereocenters. The van der Waals surface area contributed by atoms with Gasteiger partial charge in [0.15, 0.2) is 6.10 Å². The number of allylic oxidation sites excluding steroid dienone is 2. The highest BCUT2D eigenvalue weighted by atomic mass is 31.2. The van der Waals surface area contributed by atoms with Crippen molar-refractivity contribution in [2.24, 2.45) is 0 Å². The lowest BCUT2D eigenvalue weighted by atomic mass is 10.0. The molecule has 70 heavy (non-hydrogen) atoms. The third-order valence-corrected chi connectivity index (χ3v) is 14.7. The van der Waals surface area contributed by atoms with Gasteiger partial charge >= 0.3 is 11.9 Å². The number of rotatable bonds is 57. The lowest BCUT2D eigenvalue weighted by Gasteiger charge is -2.28. The lowest BCUT2D eigenvalue weighted by molar-refractivity contribution is -0.870. The van der Waals surface area contributed by atoms with Crippen molar-refractivity contribution in [3.63, 3.8) is 0 Å². The fourth-order valence-electron chi connectivity index (χ4n) is 9.07. The van der Waals surface area contributed by atoms with E-state index in [-0.39, 0.29) is 32.0 Å². The summed E-state index contributed by atoms with van der Waals surface area (Å²) in [5.41, 5.74) is 0. The van der Waals surface area contributed by atoms with Crippen LogP contribution >= 0.6 is 7.82 Å². The Morgan fingerprint density at radius 1 is 0.429 bits per heavy atom. The number of nitrogens with zero attached hydrogens (tertiary/aromatic N) is 1. The summed E-state index contributed by atoms with van der Waals surface area (Å²) >= 11 is 0. The number of carbonyl (C=O) groups excluding carboxylic acids is 2. The third-order valence-electron chi connectivity index (χ3n) is 13.8. The van der Waals surface area contributed by atoms with Crippen LogP contribution in [0.1, 0.15) is 309 Å². The van der Waals surface area contributed by atoms with E-state index < -0.39 is 26.5 Å². The van der Waals surface area contributed by atoms with E-state index >= 15 is 0 Å². The Bertz CT molecular complexity index is 1190. The van der Waals surface area contributed by atoms with Crippen LogP contribution in [0.25, 0.3) is 0 Å². The van der Waals surface area contributed by atoms with E-state index in [0.717, 1.165) is 51.4 Å². The van der Waals surface area contributed by atoms with Gasteiger partial charge in [0, 0.05) is 12.8 Å². The molecular formula is C60H118NO8P. The Kier molecular flexibility index (Phi) is 51.7.